The molecule has 0 saturated carbocycles. The molecule has 0 bridgehead atoms. The van der Waals surface area contributed by atoms with E-state index in [1.54, 1.807) is 18.0 Å². The summed E-state index contributed by atoms with van der Waals surface area (Å²) < 4.78 is 0. The Morgan fingerprint density at radius 3 is 3.30 bits per heavy atom. The second kappa shape index (κ2) is 6.41. The highest BCUT2D eigenvalue weighted by atomic mass is 32.2. The van der Waals surface area contributed by atoms with Gasteiger partial charge in [-0.05, 0) is 25.0 Å². The first kappa shape index (κ1) is 13.6. The molecule has 2 aliphatic rings. The topological polar surface area (TPSA) is 70.2 Å². The van der Waals surface area contributed by atoms with Crippen LogP contribution in [0.5, 0.6) is 0 Å². The van der Waals surface area contributed by atoms with E-state index in [0.29, 0.717) is 12.6 Å². The molecule has 2 atom stereocenters. The molecule has 3 heterocycles. The average Bonchev–Trinajstić information content (AvgIpc) is 3.17. The van der Waals surface area contributed by atoms with Gasteiger partial charge in [-0.2, -0.15) is 5.10 Å². The molecule has 2 aliphatic heterocycles. The van der Waals surface area contributed by atoms with Gasteiger partial charge >= 0.3 is 0 Å². The smallest absolute Gasteiger partial charge is 0.238 e. The minimum Gasteiger partial charge on any atom is -0.353 e. The maximum atomic E-state index is 12.0. The fourth-order valence-electron chi connectivity index (χ4n) is 2.70. The number of nitrogens with one attached hydrogen (secondary N) is 2. The first-order valence-corrected chi connectivity index (χ1v) is 8.13. The van der Waals surface area contributed by atoms with Gasteiger partial charge in [-0.15, -0.1) is 16.9 Å². The van der Waals surface area contributed by atoms with E-state index in [1.165, 1.54) is 0 Å². The van der Waals surface area contributed by atoms with Gasteiger partial charge < -0.3 is 10.2 Å². The summed E-state index contributed by atoms with van der Waals surface area (Å²) in [7, 11) is 0. The number of anilines is 1. The molecule has 20 heavy (non-hydrogen) atoms. The van der Waals surface area contributed by atoms with Crippen molar-refractivity contribution >= 4 is 23.5 Å². The Kier molecular flexibility index (Phi) is 4.37. The molecule has 2 saturated heterocycles. The summed E-state index contributed by atoms with van der Waals surface area (Å²) in [6.45, 7) is 1.66. The third kappa shape index (κ3) is 3.04. The SMILES string of the molecule is O=C(NCC1CCCN1c1cccnn1)C1CSCN1. The van der Waals surface area contributed by atoms with Gasteiger partial charge in [-0.3, -0.25) is 10.1 Å². The zero-order valence-corrected chi connectivity index (χ0v) is 12.1. The zero-order chi connectivity index (χ0) is 13.8. The van der Waals surface area contributed by atoms with Crippen LogP contribution in [0.4, 0.5) is 5.82 Å². The number of carbonyl (C=O) groups excluding carboxylic acids is 1. The van der Waals surface area contributed by atoms with Gasteiger partial charge in [0, 0.05) is 37.0 Å². The summed E-state index contributed by atoms with van der Waals surface area (Å²) >= 11 is 1.77. The molecule has 0 radical (unpaired) electrons. The third-order valence-corrected chi connectivity index (χ3v) is 4.71. The summed E-state index contributed by atoms with van der Waals surface area (Å²) in [6.07, 6.45) is 3.90. The van der Waals surface area contributed by atoms with Gasteiger partial charge in [0.05, 0.1) is 6.04 Å². The molecule has 0 aliphatic carbocycles. The van der Waals surface area contributed by atoms with Crippen molar-refractivity contribution in [2.24, 2.45) is 0 Å². The molecule has 3 rings (SSSR count). The lowest BCUT2D eigenvalue weighted by Gasteiger charge is -2.25. The summed E-state index contributed by atoms with van der Waals surface area (Å²) in [4.78, 5) is 14.3. The molecule has 2 N–H and O–H groups in total. The summed E-state index contributed by atoms with van der Waals surface area (Å²) in [6, 6.07) is 4.16. The highest BCUT2D eigenvalue weighted by molar-refractivity contribution is 7.99. The number of hydrogen-bond donors (Lipinski definition) is 2. The van der Waals surface area contributed by atoms with E-state index in [1.807, 2.05) is 12.1 Å². The number of carbonyl (C=O) groups is 1. The number of rotatable bonds is 4. The highest BCUT2D eigenvalue weighted by Crippen LogP contribution is 2.22. The second-order valence-electron chi connectivity index (χ2n) is 5.09. The van der Waals surface area contributed by atoms with Crippen LogP contribution in [0.2, 0.25) is 0 Å². The Morgan fingerprint density at radius 1 is 1.60 bits per heavy atom. The van der Waals surface area contributed by atoms with Crippen molar-refractivity contribution in [1.82, 2.24) is 20.8 Å². The Bertz CT molecular complexity index is 451. The van der Waals surface area contributed by atoms with Gasteiger partial charge in [-0.25, -0.2) is 0 Å². The molecule has 2 unspecified atom stereocenters. The van der Waals surface area contributed by atoms with Crippen LogP contribution in [-0.2, 0) is 4.79 Å². The maximum Gasteiger partial charge on any atom is 0.238 e. The third-order valence-electron chi connectivity index (χ3n) is 3.77. The van der Waals surface area contributed by atoms with E-state index in [2.05, 4.69) is 25.7 Å². The molecule has 108 valence electrons. The van der Waals surface area contributed by atoms with Gasteiger partial charge in [0.25, 0.3) is 0 Å². The van der Waals surface area contributed by atoms with Gasteiger partial charge in [0.1, 0.15) is 0 Å². The highest BCUT2D eigenvalue weighted by Gasteiger charge is 2.28. The van der Waals surface area contributed by atoms with Crippen LogP contribution in [0, 0.1) is 0 Å². The van der Waals surface area contributed by atoms with Crippen molar-refractivity contribution in [2.45, 2.75) is 24.9 Å². The number of amides is 1. The van der Waals surface area contributed by atoms with Crippen molar-refractivity contribution < 1.29 is 4.79 Å². The Morgan fingerprint density at radius 2 is 2.55 bits per heavy atom. The van der Waals surface area contributed by atoms with E-state index < -0.39 is 0 Å². The van der Waals surface area contributed by atoms with E-state index in [9.17, 15) is 4.79 Å². The van der Waals surface area contributed by atoms with Crippen molar-refractivity contribution in [2.75, 3.05) is 29.6 Å². The summed E-state index contributed by atoms with van der Waals surface area (Å²) in [5.41, 5.74) is 0. The molecule has 0 spiro atoms. The van der Waals surface area contributed by atoms with Crippen LogP contribution in [0.3, 0.4) is 0 Å². The van der Waals surface area contributed by atoms with E-state index >= 15 is 0 Å². The van der Waals surface area contributed by atoms with E-state index in [-0.39, 0.29) is 11.9 Å². The molecule has 7 heteroatoms. The first-order chi connectivity index (χ1) is 9.84. The molecule has 1 amide bonds. The Hall–Kier alpha value is -1.34. The van der Waals surface area contributed by atoms with Crippen molar-refractivity contribution in [3.63, 3.8) is 0 Å². The predicted octanol–water partition coefficient (Wildman–Crippen LogP) is 0.224. The zero-order valence-electron chi connectivity index (χ0n) is 11.3. The van der Waals surface area contributed by atoms with E-state index in [0.717, 1.165) is 36.8 Å². The normalized spacial score (nSPS) is 25.9. The van der Waals surface area contributed by atoms with Crippen molar-refractivity contribution in [3.8, 4) is 0 Å². The predicted molar refractivity (Wildman–Crippen MR) is 79.7 cm³/mol. The first-order valence-electron chi connectivity index (χ1n) is 6.98. The average molecular weight is 293 g/mol. The molecule has 1 aromatic heterocycles. The van der Waals surface area contributed by atoms with E-state index in [4.69, 9.17) is 0 Å². The number of hydrogen-bond acceptors (Lipinski definition) is 6. The molecule has 2 fully saturated rings. The van der Waals surface area contributed by atoms with Crippen molar-refractivity contribution in [1.29, 1.82) is 0 Å². The van der Waals surface area contributed by atoms with Crippen LogP contribution >= 0.6 is 11.8 Å². The summed E-state index contributed by atoms with van der Waals surface area (Å²) in [5, 5.41) is 14.3. The fourth-order valence-corrected chi connectivity index (χ4v) is 3.64. The van der Waals surface area contributed by atoms with Crippen molar-refractivity contribution in [3.05, 3.63) is 18.3 Å². The minimum absolute atomic E-state index is 0.0358. The molecule has 1 aromatic rings. The lowest BCUT2D eigenvalue weighted by atomic mass is 10.2. The van der Waals surface area contributed by atoms with Crippen LogP contribution in [0.1, 0.15) is 12.8 Å². The van der Waals surface area contributed by atoms with Gasteiger partial charge in [0.2, 0.25) is 5.91 Å². The molecular weight excluding hydrogens is 274 g/mol. The number of aromatic nitrogens is 2. The van der Waals surface area contributed by atoms with Crippen LogP contribution in [0.15, 0.2) is 18.3 Å². The standard InChI is InChI=1S/C13H19N5OS/c19-13(11-8-20-9-15-11)14-7-10-3-2-6-18(10)12-4-1-5-16-17-12/h1,4-5,10-11,15H,2-3,6-9H2,(H,14,19). The fraction of sp³-hybridized carbons (Fsp3) is 0.615. The van der Waals surface area contributed by atoms with Gasteiger partial charge in [0.15, 0.2) is 5.82 Å². The lowest BCUT2D eigenvalue weighted by molar-refractivity contribution is -0.122. The minimum atomic E-state index is -0.0358. The van der Waals surface area contributed by atoms with Crippen LogP contribution in [-0.4, -0.2) is 52.9 Å². The van der Waals surface area contributed by atoms with Crippen LogP contribution in [0.25, 0.3) is 0 Å². The largest absolute Gasteiger partial charge is 0.353 e. The Balaban J connectivity index is 1.55. The maximum absolute atomic E-state index is 12.0. The molecule has 6 nitrogen and oxygen atoms in total. The van der Waals surface area contributed by atoms with Crippen LogP contribution < -0.4 is 15.5 Å². The van der Waals surface area contributed by atoms with Gasteiger partial charge in [-0.1, -0.05) is 0 Å². The number of nitrogens with zero attached hydrogens (tertiary/aromatic N) is 3. The molecular formula is C13H19N5OS. The molecule has 0 aromatic carbocycles. The number of thioether (sulfide) groups is 1. The second-order valence-corrected chi connectivity index (χ2v) is 6.12. The summed E-state index contributed by atoms with van der Waals surface area (Å²) in [5.74, 6) is 2.75. The quantitative estimate of drug-likeness (QED) is 0.828. The lowest BCUT2D eigenvalue weighted by Crippen LogP contribution is -2.47. The monoisotopic (exact) mass is 293 g/mol. The Labute approximate surface area is 122 Å².